The van der Waals surface area contributed by atoms with E-state index in [4.69, 9.17) is 33.4 Å². The number of fused-ring (bicyclic) bond motifs is 1. The van der Waals surface area contributed by atoms with Crippen LogP contribution in [0.25, 0.3) is 22.3 Å². The van der Waals surface area contributed by atoms with Gasteiger partial charge in [0.1, 0.15) is 17.7 Å². The topological polar surface area (TPSA) is 86.5 Å². The van der Waals surface area contributed by atoms with Crippen LogP contribution in [0, 0.1) is 11.3 Å². The van der Waals surface area contributed by atoms with Crippen molar-refractivity contribution >= 4 is 45.7 Å². The second kappa shape index (κ2) is 8.95. The molecule has 2 N–H and O–H groups in total. The quantitative estimate of drug-likeness (QED) is 0.395. The first-order valence-electron chi connectivity index (χ1n) is 9.20. The van der Waals surface area contributed by atoms with Crippen LogP contribution in [0.15, 0.2) is 60.8 Å². The van der Waals surface area contributed by atoms with Crippen LogP contribution < -0.4 is 10.6 Å². The third-order valence-electron chi connectivity index (χ3n) is 4.39. The van der Waals surface area contributed by atoms with Crippen molar-refractivity contribution in [3.8, 4) is 17.5 Å². The predicted molar refractivity (Wildman–Crippen MR) is 121 cm³/mol. The molecule has 4 rings (SSSR count). The highest BCUT2D eigenvalue weighted by atomic mass is 35.5. The Morgan fingerprint density at radius 1 is 0.933 bits per heavy atom. The summed E-state index contributed by atoms with van der Waals surface area (Å²) in [4.78, 5) is 13.6. The monoisotopic (exact) mass is 434 g/mol. The number of hydrogen-bond donors (Lipinski definition) is 2. The molecule has 30 heavy (non-hydrogen) atoms. The Hall–Kier alpha value is -3.40. The third kappa shape index (κ3) is 4.43. The van der Waals surface area contributed by atoms with Gasteiger partial charge in [0.15, 0.2) is 5.82 Å². The summed E-state index contributed by atoms with van der Waals surface area (Å²) >= 11 is 12.4. The lowest BCUT2D eigenvalue weighted by atomic mass is 10.2. The molecular weight excluding hydrogens is 419 g/mol. The standard InChI is InChI=1S/C22H16Cl2N6/c23-15-6-7-16(18(24)11-15)22-29-19-4-2-1-3-17(19)21(30-22)27-10-9-26-20-8-5-14(12-25)13-28-20/h1-8,11,13H,9-10H2,(H,26,28)(H,27,29,30). The highest BCUT2D eigenvalue weighted by Gasteiger charge is 2.12. The number of nitrogens with zero attached hydrogens (tertiary/aromatic N) is 4. The molecule has 0 saturated heterocycles. The fraction of sp³-hybridized carbons (Fsp3) is 0.0909. The molecule has 0 bridgehead atoms. The Labute approximate surface area is 183 Å². The summed E-state index contributed by atoms with van der Waals surface area (Å²) in [7, 11) is 0. The maximum atomic E-state index is 8.84. The maximum absolute atomic E-state index is 8.84. The number of hydrogen-bond acceptors (Lipinski definition) is 6. The van der Waals surface area contributed by atoms with Gasteiger partial charge in [0.05, 0.1) is 16.1 Å². The zero-order chi connectivity index (χ0) is 20.9. The molecule has 0 aliphatic carbocycles. The van der Waals surface area contributed by atoms with Crippen molar-refractivity contribution in [3.05, 3.63) is 76.4 Å². The van der Waals surface area contributed by atoms with Crippen LogP contribution in [-0.2, 0) is 0 Å². The Morgan fingerprint density at radius 2 is 1.77 bits per heavy atom. The van der Waals surface area contributed by atoms with E-state index in [2.05, 4.69) is 26.7 Å². The van der Waals surface area contributed by atoms with Crippen molar-refractivity contribution in [3.63, 3.8) is 0 Å². The van der Waals surface area contributed by atoms with E-state index >= 15 is 0 Å². The average molecular weight is 435 g/mol. The number of para-hydroxylation sites is 1. The first-order chi connectivity index (χ1) is 14.6. The number of rotatable bonds is 6. The molecule has 0 aliphatic heterocycles. The van der Waals surface area contributed by atoms with Crippen LogP contribution >= 0.6 is 23.2 Å². The summed E-state index contributed by atoms with van der Waals surface area (Å²) in [5.74, 6) is 1.95. The minimum atomic E-state index is 0.497. The summed E-state index contributed by atoms with van der Waals surface area (Å²) < 4.78 is 0. The molecule has 2 aromatic heterocycles. The SMILES string of the molecule is N#Cc1ccc(NCCNc2nc(-c3ccc(Cl)cc3Cl)nc3ccccc23)nc1. The van der Waals surface area contributed by atoms with Gasteiger partial charge in [-0.3, -0.25) is 0 Å². The highest BCUT2D eigenvalue weighted by Crippen LogP contribution is 2.31. The van der Waals surface area contributed by atoms with Gasteiger partial charge in [-0.05, 0) is 42.5 Å². The number of anilines is 2. The van der Waals surface area contributed by atoms with Crippen molar-refractivity contribution in [1.82, 2.24) is 15.0 Å². The van der Waals surface area contributed by atoms with Crippen LogP contribution in [-0.4, -0.2) is 28.0 Å². The van der Waals surface area contributed by atoms with Gasteiger partial charge in [0.25, 0.3) is 0 Å². The van der Waals surface area contributed by atoms with Crippen LogP contribution in [0.4, 0.5) is 11.6 Å². The second-order valence-electron chi connectivity index (χ2n) is 6.43. The maximum Gasteiger partial charge on any atom is 0.163 e. The lowest BCUT2D eigenvalue weighted by Crippen LogP contribution is -2.15. The fourth-order valence-corrected chi connectivity index (χ4v) is 3.43. The molecule has 2 aromatic carbocycles. The minimum absolute atomic E-state index is 0.497. The lowest BCUT2D eigenvalue weighted by molar-refractivity contribution is 1.04. The normalized spacial score (nSPS) is 10.6. The largest absolute Gasteiger partial charge is 0.368 e. The van der Waals surface area contributed by atoms with Gasteiger partial charge < -0.3 is 10.6 Å². The third-order valence-corrected chi connectivity index (χ3v) is 4.94. The van der Waals surface area contributed by atoms with E-state index in [9.17, 15) is 0 Å². The van der Waals surface area contributed by atoms with E-state index in [1.165, 1.54) is 6.20 Å². The molecule has 0 aliphatic rings. The number of aromatic nitrogens is 3. The molecule has 0 radical (unpaired) electrons. The zero-order valence-electron chi connectivity index (χ0n) is 15.7. The molecule has 148 valence electrons. The Bertz CT molecular complexity index is 1230. The molecule has 0 spiro atoms. The van der Waals surface area contributed by atoms with Crippen molar-refractivity contribution in [2.24, 2.45) is 0 Å². The molecule has 0 fully saturated rings. The van der Waals surface area contributed by atoms with Gasteiger partial charge in [0.2, 0.25) is 0 Å². The van der Waals surface area contributed by atoms with Gasteiger partial charge in [-0.2, -0.15) is 5.26 Å². The number of nitrogens with one attached hydrogen (secondary N) is 2. The minimum Gasteiger partial charge on any atom is -0.368 e. The van der Waals surface area contributed by atoms with Crippen LogP contribution in [0.2, 0.25) is 10.0 Å². The average Bonchev–Trinajstić information content (AvgIpc) is 2.77. The Balaban J connectivity index is 1.54. The van der Waals surface area contributed by atoms with Crippen molar-refractivity contribution < 1.29 is 0 Å². The molecule has 0 unspecified atom stereocenters. The summed E-state index contributed by atoms with van der Waals surface area (Å²) in [6.07, 6.45) is 1.54. The molecule has 2 heterocycles. The first-order valence-corrected chi connectivity index (χ1v) is 9.96. The molecule has 0 atom stereocenters. The number of pyridine rings is 1. The van der Waals surface area contributed by atoms with Crippen molar-refractivity contribution in [1.29, 1.82) is 5.26 Å². The van der Waals surface area contributed by atoms with Crippen molar-refractivity contribution in [2.45, 2.75) is 0 Å². The first kappa shape index (κ1) is 19.9. The summed E-state index contributed by atoms with van der Waals surface area (Å²) in [5, 5.41) is 17.4. The zero-order valence-corrected chi connectivity index (χ0v) is 17.2. The number of benzene rings is 2. The Kier molecular flexibility index (Phi) is 5.94. The molecule has 8 heteroatoms. The summed E-state index contributed by atoms with van der Waals surface area (Å²) in [5.41, 5.74) is 2.06. The van der Waals surface area contributed by atoms with Crippen molar-refractivity contribution in [2.75, 3.05) is 23.7 Å². The van der Waals surface area contributed by atoms with Crippen LogP contribution in [0.5, 0.6) is 0 Å². The van der Waals surface area contributed by atoms with Crippen LogP contribution in [0.3, 0.4) is 0 Å². The second-order valence-corrected chi connectivity index (χ2v) is 7.28. The lowest BCUT2D eigenvalue weighted by Gasteiger charge is -2.12. The van der Waals surface area contributed by atoms with Gasteiger partial charge in [-0.15, -0.1) is 0 Å². The van der Waals surface area contributed by atoms with Gasteiger partial charge in [-0.1, -0.05) is 35.3 Å². The smallest absolute Gasteiger partial charge is 0.163 e. The summed E-state index contributed by atoms with van der Waals surface area (Å²) in [6, 6.07) is 18.6. The number of halogens is 2. The van der Waals surface area contributed by atoms with E-state index in [1.807, 2.05) is 30.3 Å². The number of nitriles is 1. The predicted octanol–water partition coefficient (Wildman–Crippen LogP) is 5.39. The molecule has 4 aromatic rings. The van der Waals surface area contributed by atoms with Gasteiger partial charge >= 0.3 is 0 Å². The highest BCUT2D eigenvalue weighted by molar-refractivity contribution is 6.36. The summed E-state index contributed by atoms with van der Waals surface area (Å²) in [6.45, 7) is 1.23. The van der Waals surface area contributed by atoms with E-state index in [-0.39, 0.29) is 0 Å². The van der Waals surface area contributed by atoms with E-state index < -0.39 is 0 Å². The molecule has 6 nitrogen and oxygen atoms in total. The van der Waals surface area contributed by atoms with Gasteiger partial charge in [0, 0.05) is 35.3 Å². The molecular formula is C22H16Cl2N6. The van der Waals surface area contributed by atoms with E-state index in [1.54, 1.807) is 24.3 Å². The van der Waals surface area contributed by atoms with Gasteiger partial charge in [-0.25, -0.2) is 15.0 Å². The van der Waals surface area contributed by atoms with E-state index in [0.717, 1.165) is 22.3 Å². The van der Waals surface area contributed by atoms with Crippen LogP contribution in [0.1, 0.15) is 5.56 Å². The molecule has 0 saturated carbocycles. The van der Waals surface area contributed by atoms with E-state index in [0.29, 0.717) is 40.3 Å². The fourth-order valence-electron chi connectivity index (χ4n) is 2.94. The Morgan fingerprint density at radius 3 is 2.53 bits per heavy atom. The molecule has 0 amide bonds.